The summed E-state index contributed by atoms with van der Waals surface area (Å²) >= 11 is 7.25. The molecule has 6 heteroatoms. The molecule has 1 heterocycles. The number of thioether (sulfide) groups is 1. The third-order valence-electron chi connectivity index (χ3n) is 3.67. The highest BCUT2D eigenvalue weighted by Gasteiger charge is 2.30. The molecule has 2 aromatic rings. The van der Waals surface area contributed by atoms with Crippen molar-refractivity contribution in [2.75, 3.05) is 0 Å². The largest absolute Gasteiger partial charge is 0.303 e. The van der Waals surface area contributed by atoms with Crippen molar-refractivity contribution in [2.45, 2.75) is 18.6 Å². The molecule has 0 radical (unpaired) electrons. The normalized spacial score (nSPS) is 19.2. The van der Waals surface area contributed by atoms with Crippen molar-refractivity contribution in [3.8, 4) is 0 Å². The molecule has 0 saturated carbocycles. The first-order valence-corrected chi connectivity index (χ1v) is 8.76. The number of rotatable bonds is 4. The monoisotopic (exact) mass is 357 g/mol. The van der Waals surface area contributed by atoms with E-state index in [-0.39, 0.29) is 11.2 Å². The summed E-state index contributed by atoms with van der Waals surface area (Å²) in [4.78, 5) is 12.1. The summed E-state index contributed by atoms with van der Waals surface area (Å²) in [6.07, 6.45) is 2.31. The molecule has 1 aliphatic rings. The minimum atomic E-state index is -0.171. The third kappa shape index (κ3) is 4.24. The molecule has 1 amide bonds. The highest BCUT2D eigenvalue weighted by atomic mass is 35.5. The Balaban J connectivity index is 1.63. The van der Waals surface area contributed by atoms with E-state index in [0.29, 0.717) is 16.6 Å². The Hall–Kier alpha value is -2.11. The number of benzene rings is 2. The Bertz CT molecular complexity index is 802. The van der Waals surface area contributed by atoms with Crippen LogP contribution in [-0.4, -0.2) is 22.5 Å². The first-order valence-electron chi connectivity index (χ1n) is 7.50. The van der Waals surface area contributed by atoms with Crippen molar-refractivity contribution in [1.29, 1.82) is 0 Å². The fraction of sp³-hybridized carbons (Fsp3) is 0.167. The van der Waals surface area contributed by atoms with E-state index in [2.05, 4.69) is 34.6 Å². The molecule has 0 spiro atoms. The highest BCUT2D eigenvalue weighted by molar-refractivity contribution is 8.15. The Morgan fingerprint density at radius 3 is 2.71 bits per heavy atom. The van der Waals surface area contributed by atoms with Crippen LogP contribution >= 0.6 is 23.4 Å². The van der Waals surface area contributed by atoms with Gasteiger partial charge >= 0.3 is 0 Å². The van der Waals surface area contributed by atoms with Gasteiger partial charge in [0.1, 0.15) is 0 Å². The van der Waals surface area contributed by atoms with Crippen molar-refractivity contribution in [3.63, 3.8) is 0 Å². The second-order valence-corrected chi connectivity index (χ2v) is 7.06. The summed E-state index contributed by atoms with van der Waals surface area (Å²) in [7, 11) is 0. The lowest BCUT2D eigenvalue weighted by molar-refractivity contribution is -0.118. The number of amidine groups is 1. The maximum atomic E-state index is 12.1. The fourth-order valence-corrected chi connectivity index (χ4v) is 3.40. The number of nitrogens with zero attached hydrogens (tertiary/aromatic N) is 2. The lowest BCUT2D eigenvalue weighted by Gasteiger charge is -2.07. The van der Waals surface area contributed by atoms with Crippen LogP contribution in [0.3, 0.4) is 0 Å². The van der Waals surface area contributed by atoms with E-state index in [1.54, 1.807) is 18.3 Å². The summed E-state index contributed by atoms with van der Waals surface area (Å²) in [6, 6.07) is 15.4. The quantitative estimate of drug-likeness (QED) is 0.668. The van der Waals surface area contributed by atoms with E-state index in [4.69, 9.17) is 11.6 Å². The van der Waals surface area contributed by atoms with Gasteiger partial charge in [0.15, 0.2) is 5.17 Å². The molecule has 0 bridgehead atoms. The van der Waals surface area contributed by atoms with E-state index in [1.807, 2.05) is 24.3 Å². The van der Waals surface area contributed by atoms with Gasteiger partial charge in [-0.15, -0.1) is 5.10 Å². The standard InChI is InChI=1S/C18H16ClN3OS/c1-12-4-2-3-5-14(12)10-16-17(23)21-18(24-16)22-20-11-13-6-8-15(19)9-7-13/h2-9,11,16H,10H2,1H3,(H,21,22,23)/b20-11+. The van der Waals surface area contributed by atoms with Gasteiger partial charge < -0.3 is 5.32 Å². The molecule has 1 aliphatic heterocycles. The molecule has 1 saturated heterocycles. The minimum absolute atomic E-state index is 0.0244. The number of hydrogen-bond acceptors (Lipinski definition) is 4. The number of hydrogen-bond donors (Lipinski definition) is 1. The fourth-order valence-electron chi connectivity index (χ4n) is 2.32. The van der Waals surface area contributed by atoms with Crippen LogP contribution in [0.5, 0.6) is 0 Å². The first kappa shape index (κ1) is 16.7. The molecule has 1 N–H and O–H groups in total. The molecule has 122 valence electrons. The highest BCUT2D eigenvalue weighted by Crippen LogP contribution is 2.24. The average Bonchev–Trinajstić information content (AvgIpc) is 2.91. The zero-order valence-electron chi connectivity index (χ0n) is 13.1. The predicted molar refractivity (Wildman–Crippen MR) is 101 cm³/mol. The molecular formula is C18H16ClN3OS. The van der Waals surface area contributed by atoms with Crippen molar-refractivity contribution in [1.82, 2.24) is 5.32 Å². The van der Waals surface area contributed by atoms with Gasteiger partial charge in [0.05, 0.1) is 11.5 Å². The SMILES string of the molecule is Cc1ccccc1CC1S/C(=N/N=C/c2ccc(Cl)cc2)NC1=O. The number of amides is 1. The van der Waals surface area contributed by atoms with Crippen molar-refractivity contribution >= 4 is 40.7 Å². The smallest absolute Gasteiger partial charge is 0.239 e. The third-order valence-corrected chi connectivity index (χ3v) is 4.99. The number of nitrogens with one attached hydrogen (secondary N) is 1. The van der Waals surface area contributed by atoms with Crippen LogP contribution in [0.2, 0.25) is 5.02 Å². The number of halogens is 1. The van der Waals surface area contributed by atoms with E-state index < -0.39 is 0 Å². The minimum Gasteiger partial charge on any atom is -0.303 e. The number of aryl methyl sites for hydroxylation is 1. The van der Waals surface area contributed by atoms with Gasteiger partial charge in [-0.25, -0.2) is 0 Å². The Labute approximate surface area is 150 Å². The summed E-state index contributed by atoms with van der Waals surface area (Å²) in [5.41, 5.74) is 3.27. The van der Waals surface area contributed by atoms with Gasteiger partial charge in [0.25, 0.3) is 0 Å². The lowest BCUT2D eigenvalue weighted by Crippen LogP contribution is -2.26. The van der Waals surface area contributed by atoms with E-state index in [9.17, 15) is 4.79 Å². The van der Waals surface area contributed by atoms with Crippen LogP contribution in [0.25, 0.3) is 0 Å². The zero-order chi connectivity index (χ0) is 16.9. The van der Waals surface area contributed by atoms with Crippen LogP contribution in [0.1, 0.15) is 16.7 Å². The second kappa shape index (κ2) is 7.64. The van der Waals surface area contributed by atoms with E-state index in [0.717, 1.165) is 5.56 Å². The summed E-state index contributed by atoms with van der Waals surface area (Å²) in [6.45, 7) is 2.05. The van der Waals surface area contributed by atoms with Gasteiger partial charge in [-0.1, -0.05) is 59.8 Å². The van der Waals surface area contributed by atoms with Gasteiger partial charge in [0.2, 0.25) is 5.91 Å². The van der Waals surface area contributed by atoms with Crippen LogP contribution in [-0.2, 0) is 11.2 Å². The number of carbonyl (C=O) groups excluding carboxylic acids is 1. The molecule has 1 atom stereocenters. The van der Waals surface area contributed by atoms with Crippen molar-refractivity contribution in [2.24, 2.45) is 10.2 Å². The van der Waals surface area contributed by atoms with Crippen molar-refractivity contribution in [3.05, 3.63) is 70.2 Å². The van der Waals surface area contributed by atoms with Gasteiger partial charge in [-0.2, -0.15) is 5.10 Å². The number of carbonyl (C=O) groups is 1. The zero-order valence-corrected chi connectivity index (χ0v) is 14.6. The van der Waals surface area contributed by atoms with Crippen LogP contribution < -0.4 is 5.32 Å². The predicted octanol–water partition coefficient (Wildman–Crippen LogP) is 3.81. The van der Waals surface area contributed by atoms with E-state index in [1.165, 1.54) is 22.9 Å². The molecule has 4 nitrogen and oxygen atoms in total. The molecule has 1 fully saturated rings. The first-order chi connectivity index (χ1) is 11.6. The maximum absolute atomic E-state index is 12.1. The second-order valence-electron chi connectivity index (χ2n) is 5.43. The Morgan fingerprint density at radius 1 is 1.21 bits per heavy atom. The Kier molecular flexibility index (Phi) is 5.33. The molecule has 0 aromatic heterocycles. The molecule has 0 aliphatic carbocycles. The van der Waals surface area contributed by atoms with E-state index >= 15 is 0 Å². The van der Waals surface area contributed by atoms with Crippen LogP contribution in [0.4, 0.5) is 0 Å². The van der Waals surface area contributed by atoms with Crippen LogP contribution in [0.15, 0.2) is 58.7 Å². The molecular weight excluding hydrogens is 342 g/mol. The van der Waals surface area contributed by atoms with Gasteiger partial charge in [-0.05, 0) is 42.2 Å². The van der Waals surface area contributed by atoms with Gasteiger partial charge in [0, 0.05) is 5.02 Å². The average molecular weight is 358 g/mol. The summed E-state index contributed by atoms with van der Waals surface area (Å²) < 4.78 is 0. The van der Waals surface area contributed by atoms with Crippen molar-refractivity contribution < 1.29 is 4.79 Å². The lowest BCUT2D eigenvalue weighted by atomic mass is 10.0. The summed E-state index contributed by atoms with van der Waals surface area (Å²) in [5.74, 6) is -0.0244. The van der Waals surface area contributed by atoms with Crippen LogP contribution in [0, 0.1) is 6.92 Å². The Morgan fingerprint density at radius 2 is 1.96 bits per heavy atom. The molecule has 3 rings (SSSR count). The van der Waals surface area contributed by atoms with Gasteiger partial charge in [-0.3, -0.25) is 4.79 Å². The molecule has 2 aromatic carbocycles. The maximum Gasteiger partial charge on any atom is 0.239 e. The topological polar surface area (TPSA) is 53.8 Å². The summed E-state index contributed by atoms with van der Waals surface area (Å²) in [5, 5.41) is 11.9. The molecule has 1 unspecified atom stereocenters. The molecule has 24 heavy (non-hydrogen) atoms.